The maximum absolute atomic E-state index is 11.1. The van der Waals surface area contributed by atoms with Gasteiger partial charge >= 0.3 is 5.97 Å². The van der Waals surface area contributed by atoms with Crippen molar-refractivity contribution in [1.82, 2.24) is 10.2 Å². The zero-order valence-electron chi connectivity index (χ0n) is 13.7. The van der Waals surface area contributed by atoms with Gasteiger partial charge in [-0.15, -0.1) is 0 Å². The minimum atomic E-state index is -1.02. The molecule has 0 aliphatic rings. The number of carboxylic acid groups (broad SMARTS) is 1. The summed E-state index contributed by atoms with van der Waals surface area (Å²) in [5.74, 6) is 0.506. The quantitative estimate of drug-likeness (QED) is 0.644. The summed E-state index contributed by atoms with van der Waals surface area (Å²) in [5.41, 5.74) is 2.16. The van der Waals surface area contributed by atoms with Gasteiger partial charge in [0.05, 0.1) is 5.69 Å². The van der Waals surface area contributed by atoms with Crippen molar-refractivity contribution >= 4 is 5.97 Å². The molecule has 0 radical (unpaired) electrons. The van der Waals surface area contributed by atoms with Gasteiger partial charge in [-0.2, -0.15) is 5.10 Å². The van der Waals surface area contributed by atoms with E-state index >= 15 is 0 Å². The van der Waals surface area contributed by atoms with Crippen LogP contribution in [0.1, 0.15) is 16.1 Å². The van der Waals surface area contributed by atoms with Gasteiger partial charge in [0.15, 0.2) is 0 Å². The number of aromatic carboxylic acids is 1. The number of hydrogen-bond donors (Lipinski definition) is 2. The normalized spacial score (nSPS) is 10.4. The number of H-pyrrole nitrogens is 1. The number of rotatable bonds is 7. The van der Waals surface area contributed by atoms with Crippen LogP contribution in [0.5, 0.6) is 11.5 Å². The summed E-state index contributed by atoms with van der Waals surface area (Å²) in [6, 6.07) is 16.9. The third-order valence-corrected chi connectivity index (χ3v) is 3.72. The van der Waals surface area contributed by atoms with Gasteiger partial charge in [-0.3, -0.25) is 5.10 Å². The largest absolute Gasteiger partial charge is 0.490 e. The standard InChI is InChI=1S/C19H18N2O4/c1-13-17(20-21-18(13)19(22)23)14-7-9-16(10-8-14)25-12-11-24-15-5-3-2-4-6-15/h2-10H,11-12H2,1H3,(H,20,21)(H,22,23). The van der Waals surface area contributed by atoms with Crippen LogP contribution in [0.25, 0.3) is 11.3 Å². The topological polar surface area (TPSA) is 84.4 Å². The van der Waals surface area contributed by atoms with Crippen LogP contribution in [-0.4, -0.2) is 34.5 Å². The van der Waals surface area contributed by atoms with E-state index in [-0.39, 0.29) is 5.69 Å². The highest BCUT2D eigenvalue weighted by atomic mass is 16.5. The predicted molar refractivity (Wildman–Crippen MR) is 93.2 cm³/mol. The Balaban J connectivity index is 1.56. The first-order valence-corrected chi connectivity index (χ1v) is 7.84. The molecule has 6 nitrogen and oxygen atoms in total. The van der Waals surface area contributed by atoms with Crippen LogP contribution in [0.4, 0.5) is 0 Å². The van der Waals surface area contributed by atoms with E-state index in [1.807, 2.05) is 54.6 Å². The second-order valence-electron chi connectivity index (χ2n) is 5.41. The monoisotopic (exact) mass is 338 g/mol. The summed E-state index contributed by atoms with van der Waals surface area (Å²) in [7, 11) is 0. The Morgan fingerprint density at radius 2 is 1.60 bits per heavy atom. The first-order chi connectivity index (χ1) is 12.1. The minimum Gasteiger partial charge on any atom is -0.490 e. The molecule has 2 aromatic carbocycles. The number of carboxylic acids is 1. The molecular formula is C19H18N2O4. The Morgan fingerprint density at radius 3 is 2.16 bits per heavy atom. The SMILES string of the molecule is Cc1c(-c2ccc(OCCOc3ccccc3)cc2)n[nH]c1C(=O)O. The number of ether oxygens (including phenoxy) is 2. The number of aromatic nitrogens is 2. The van der Waals surface area contributed by atoms with Crippen LogP contribution in [0, 0.1) is 6.92 Å². The second-order valence-corrected chi connectivity index (χ2v) is 5.41. The lowest BCUT2D eigenvalue weighted by Gasteiger charge is -2.08. The van der Waals surface area contributed by atoms with Gasteiger partial charge in [-0.25, -0.2) is 4.79 Å². The maximum Gasteiger partial charge on any atom is 0.354 e. The first kappa shape index (κ1) is 16.6. The number of para-hydroxylation sites is 1. The number of aromatic amines is 1. The van der Waals surface area contributed by atoms with Crippen LogP contribution >= 0.6 is 0 Å². The molecule has 0 saturated carbocycles. The maximum atomic E-state index is 11.1. The van der Waals surface area contributed by atoms with Gasteiger partial charge in [-0.05, 0) is 43.3 Å². The molecule has 128 valence electrons. The average Bonchev–Trinajstić information content (AvgIpc) is 3.02. The molecule has 1 aromatic heterocycles. The summed E-state index contributed by atoms with van der Waals surface area (Å²) >= 11 is 0. The fourth-order valence-electron chi connectivity index (χ4n) is 2.43. The number of benzene rings is 2. The van der Waals surface area contributed by atoms with Gasteiger partial charge in [-0.1, -0.05) is 18.2 Å². The summed E-state index contributed by atoms with van der Waals surface area (Å²) in [6.07, 6.45) is 0. The molecule has 3 aromatic rings. The highest BCUT2D eigenvalue weighted by molar-refractivity contribution is 5.89. The van der Waals surface area contributed by atoms with Crippen molar-refractivity contribution in [3.05, 3.63) is 65.9 Å². The number of carbonyl (C=O) groups is 1. The number of hydrogen-bond acceptors (Lipinski definition) is 4. The van der Waals surface area contributed by atoms with Crippen molar-refractivity contribution in [3.8, 4) is 22.8 Å². The zero-order chi connectivity index (χ0) is 17.6. The third kappa shape index (κ3) is 3.98. The molecule has 0 saturated heterocycles. The van der Waals surface area contributed by atoms with Crippen LogP contribution in [0.3, 0.4) is 0 Å². The Morgan fingerprint density at radius 1 is 1.00 bits per heavy atom. The minimum absolute atomic E-state index is 0.105. The van der Waals surface area contributed by atoms with E-state index in [4.69, 9.17) is 14.6 Å². The second kappa shape index (κ2) is 7.53. The first-order valence-electron chi connectivity index (χ1n) is 7.84. The fraction of sp³-hybridized carbons (Fsp3) is 0.158. The average molecular weight is 338 g/mol. The van der Waals surface area contributed by atoms with Crippen LogP contribution in [0.15, 0.2) is 54.6 Å². The Kier molecular flexibility index (Phi) is 4.99. The van der Waals surface area contributed by atoms with Crippen LogP contribution in [-0.2, 0) is 0 Å². The van der Waals surface area contributed by atoms with E-state index in [0.717, 1.165) is 11.3 Å². The van der Waals surface area contributed by atoms with Gasteiger partial charge < -0.3 is 14.6 Å². The van der Waals surface area contributed by atoms with Crippen LogP contribution < -0.4 is 9.47 Å². The molecule has 0 spiro atoms. The molecule has 0 fully saturated rings. The van der Waals surface area contributed by atoms with Crippen molar-refractivity contribution in [3.63, 3.8) is 0 Å². The molecule has 0 bridgehead atoms. The van der Waals surface area contributed by atoms with Gasteiger partial charge in [0.25, 0.3) is 0 Å². The van der Waals surface area contributed by atoms with E-state index in [1.54, 1.807) is 6.92 Å². The Bertz CT molecular complexity index is 842. The van der Waals surface area contributed by atoms with Crippen molar-refractivity contribution < 1.29 is 19.4 Å². The molecule has 25 heavy (non-hydrogen) atoms. The van der Waals surface area contributed by atoms with E-state index in [0.29, 0.717) is 30.2 Å². The lowest BCUT2D eigenvalue weighted by molar-refractivity contribution is 0.0689. The molecule has 0 aliphatic heterocycles. The summed E-state index contributed by atoms with van der Waals surface area (Å²) in [5, 5.41) is 15.7. The highest BCUT2D eigenvalue weighted by Crippen LogP contribution is 2.25. The summed E-state index contributed by atoms with van der Waals surface area (Å²) in [6.45, 7) is 2.61. The van der Waals surface area contributed by atoms with Crippen molar-refractivity contribution in [2.75, 3.05) is 13.2 Å². The smallest absolute Gasteiger partial charge is 0.354 e. The van der Waals surface area contributed by atoms with E-state index in [2.05, 4.69) is 10.2 Å². The summed E-state index contributed by atoms with van der Waals surface area (Å²) in [4.78, 5) is 11.1. The molecular weight excluding hydrogens is 320 g/mol. The van der Waals surface area contributed by atoms with Crippen molar-refractivity contribution in [1.29, 1.82) is 0 Å². The molecule has 0 aliphatic carbocycles. The van der Waals surface area contributed by atoms with Gasteiger partial charge in [0.2, 0.25) is 0 Å². The van der Waals surface area contributed by atoms with Crippen LogP contribution in [0.2, 0.25) is 0 Å². The number of nitrogens with zero attached hydrogens (tertiary/aromatic N) is 1. The lowest BCUT2D eigenvalue weighted by Crippen LogP contribution is -2.08. The molecule has 2 N–H and O–H groups in total. The molecule has 3 rings (SSSR count). The zero-order valence-corrected chi connectivity index (χ0v) is 13.7. The molecule has 1 heterocycles. The van der Waals surface area contributed by atoms with Gasteiger partial charge in [0, 0.05) is 11.1 Å². The van der Waals surface area contributed by atoms with E-state index in [1.165, 1.54) is 0 Å². The highest BCUT2D eigenvalue weighted by Gasteiger charge is 2.15. The van der Waals surface area contributed by atoms with Crippen molar-refractivity contribution in [2.45, 2.75) is 6.92 Å². The molecule has 0 amide bonds. The van der Waals surface area contributed by atoms with Crippen molar-refractivity contribution in [2.24, 2.45) is 0 Å². The van der Waals surface area contributed by atoms with Gasteiger partial charge in [0.1, 0.15) is 30.4 Å². The molecule has 0 unspecified atom stereocenters. The summed E-state index contributed by atoms with van der Waals surface area (Å²) < 4.78 is 11.2. The molecule has 0 atom stereocenters. The lowest BCUT2D eigenvalue weighted by atomic mass is 10.1. The molecule has 6 heteroatoms. The Hall–Kier alpha value is -3.28. The third-order valence-electron chi connectivity index (χ3n) is 3.72. The van der Waals surface area contributed by atoms with E-state index < -0.39 is 5.97 Å². The number of nitrogens with one attached hydrogen (secondary N) is 1. The Labute approximate surface area is 145 Å². The predicted octanol–water partition coefficient (Wildman–Crippen LogP) is 3.54. The fourth-order valence-corrected chi connectivity index (χ4v) is 2.43. The van der Waals surface area contributed by atoms with E-state index in [9.17, 15) is 4.79 Å².